The van der Waals surface area contributed by atoms with E-state index in [1.165, 1.54) is 4.90 Å². The van der Waals surface area contributed by atoms with Gasteiger partial charge in [-0.1, -0.05) is 6.92 Å². The molecule has 0 aromatic carbocycles. The van der Waals surface area contributed by atoms with Crippen molar-refractivity contribution >= 4 is 12.0 Å². The zero-order valence-corrected chi connectivity index (χ0v) is 11.1. The third kappa shape index (κ3) is 2.31. The molecule has 3 atom stereocenters. The van der Waals surface area contributed by atoms with E-state index in [0.29, 0.717) is 18.9 Å². The number of amides is 2. The smallest absolute Gasteiger partial charge is 0.326 e. The van der Waals surface area contributed by atoms with Gasteiger partial charge in [0.1, 0.15) is 6.04 Å². The molecular formula is C13H22N2O3. The van der Waals surface area contributed by atoms with Gasteiger partial charge in [0.25, 0.3) is 0 Å². The average molecular weight is 254 g/mol. The Kier molecular flexibility index (Phi) is 3.78. The van der Waals surface area contributed by atoms with Crippen molar-refractivity contribution < 1.29 is 14.7 Å². The Morgan fingerprint density at radius 1 is 1.06 bits per heavy atom. The molecule has 2 fully saturated rings. The first-order valence-electron chi connectivity index (χ1n) is 6.82. The van der Waals surface area contributed by atoms with Crippen LogP contribution in [0.3, 0.4) is 0 Å². The second kappa shape index (κ2) is 5.16. The molecular weight excluding hydrogens is 232 g/mol. The Bertz CT molecular complexity index is 345. The van der Waals surface area contributed by atoms with Gasteiger partial charge in [0.2, 0.25) is 0 Å². The molecule has 2 amide bonds. The molecule has 2 unspecified atom stereocenters. The summed E-state index contributed by atoms with van der Waals surface area (Å²) in [6.45, 7) is 5.55. The van der Waals surface area contributed by atoms with Crippen LogP contribution in [0, 0.1) is 5.92 Å². The number of carboxylic acid groups (broad SMARTS) is 1. The van der Waals surface area contributed by atoms with E-state index in [-0.39, 0.29) is 12.1 Å². The van der Waals surface area contributed by atoms with E-state index in [9.17, 15) is 9.59 Å². The molecule has 1 N–H and O–H groups in total. The molecule has 0 aliphatic carbocycles. The number of carboxylic acids is 1. The summed E-state index contributed by atoms with van der Waals surface area (Å²) in [6, 6.07) is -0.498. The largest absolute Gasteiger partial charge is 0.480 e. The van der Waals surface area contributed by atoms with Crippen molar-refractivity contribution in [3.05, 3.63) is 0 Å². The van der Waals surface area contributed by atoms with E-state index in [1.54, 1.807) is 0 Å². The maximum absolute atomic E-state index is 12.5. The van der Waals surface area contributed by atoms with Crippen LogP contribution in [0.5, 0.6) is 0 Å². The van der Waals surface area contributed by atoms with Crippen LogP contribution >= 0.6 is 0 Å². The molecule has 2 aliphatic rings. The number of hydrogen-bond donors (Lipinski definition) is 1. The van der Waals surface area contributed by atoms with Crippen LogP contribution in [0.25, 0.3) is 0 Å². The zero-order chi connectivity index (χ0) is 13.3. The average Bonchev–Trinajstić information content (AvgIpc) is 2.81. The maximum atomic E-state index is 12.5. The highest BCUT2D eigenvalue weighted by molar-refractivity contribution is 5.83. The third-order valence-electron chi connectivity index (χ3n) is 4.40. The normalized spacial score (nSPS) is 32.7. The molecule has 0 saturated carbocycles. The monoisotopic (exact) mass is 254 g/mol. The molecule has 2 saturated heterocycles. The fourth-order valence-corrected chi connectivity index (χ4v) is 3.02. The van der Waals surface area contributed by atoms with Crippen LogP contribution in [-0.4, -0.2) is 52.1 Å². The summed E-state index contributed by atoms with van der Waals surface area (Å²) in [4.78, 5) is 27.0. The molecule has 0 spiro atoms. The number of piperidine rings is 1. The fraction of sp³-hybridized carbons (Fsp3) is 0.846. The Balaban J connectivity index is 2.08. The predicted molar refractivity (Wildman–Crippen MR) is 67.3 cm³/mol. The fourth-order valence-electron chi connectivity index (χ4n) is 3.02. The lowest BCUT2D eigenvalue weighted by atomic mass is 9.92. The number of likely N-dealkylation sites (tertiary alicyclic amines) is 2. The first-order valence-corrected chi connectivity index (χ1v) is 6.82. The Morgan fingerprint density at radius 2 is 1.67 bits per heavy atom. The molecule has 18 heavy (non-hydrogen) atoms. The van der Waals surface area contributed by atoms with Crippen molar-refractivity contribution in [2.75, 3.05) is 13.1 Å². The lowest BCUT2D eigenvalue weighted by Gasteiger charge is -2.40. The lowest BCUT2D eigenvalue weighted by molar-refractivity contribution is -0.141. The Morgan fingerprint density at radius 3 is 2.33 bits per heavy atom. The first kappa shape index (κ1) is 13.2. The lowest BCUT2D eigenvalue weighted by Crippen LogP contribution is -2.54. The molecule has 2 aliphatic heterocycles. The molecule has 0 bridgehead atoms. The minimum absolute atomic E-state index is 0.0843. The van der Waals surface area contributed by atoms with E-state index in [2.05, 4.69) is 13.8 Å². The second-order valence-electron chi connectivity index (χ2n) is 5.53. The summed E-state index contributed by atoms with van der Waals surface area (Å²) < 4.78 is 0. The molecule has 2 rings (SSSR count). The van der Waals surface area contributed by atoms with E-state index in [4.69, 9.17) is 5.11 Å². The van der Waals surface area contributed by atoms with Crippen molar-refractivity contribution in [2.45, 2.75) is 51.6 Å². The van der Waals surface area contributed by atoms with Crippen molar-refractivity contribution in [3.63, 3.8) is 0 Å². The van der Waals surface area contributed by atoms with Crippen LogP contribution in [0.15, 0.2) is 0 Å². The predicted octanol–water partition coefficient (Wildman–Crippen LogP) is 1.78. The summed E-state index contributed by atoms with van der Waals surface area (Å²) in [7, 11) is 0. The highest BCUT2D eigenvalue weighted by atomic mass is 16.4. The SMILES string of the molecule is CC1CCCN(C(=O)N2CCC[C@H]2C(=O)O)C1C. The van der Waals surface area contributed by atoms with Gasteiger partial charge in [0.05, 0.1) is 0 Å². The number of aliphatic carboxylic acids is 1. The first-order chi connectivity index (χ1) is 8.52. The maximum Gasteiger partial charge on any atom is 0.326 e. The van der Waals surface area contributed by atoms with E-state index in [0.717, 1.165) is 25.8 Å². The van der Waals surface area contributed by atoms with Gasteiger partial charge in [-0.25, -0.2) is 9.59 Å². The highest BCUT2D eigenvalue weighted by Crippen LogP contribution is 2.26. The van der Waals surface area contributed by atoms with Crippen LogP contribution in [0.4, 0.5) is 4.79 Å². The highest BCUT2D eigenvalue weighted by Gasteiger charge is 2.38. The molecule has 0 aromatic rings. The van der Waals surface area contributed by atoms with E-state index >= 15 is 0 Å². The van der Waals surface area contributed by atoms with Gasteiger partial charge < -0.3 is 14.9 Å². The molecule has 0 radical (unpaired) electrons. The molecule has 102 valence electrons. The topological polar surface area (TPSA) is 60.9 Å². The van der Waals surface area contributed by atoms with Crippen molar-refractivity contribution in [1.82, 2.24) is 9.80 Å². The van der Waals surface area contributed by atoms with Crippen LogP contribution in [-0.2, 0) is 4.79 Å². The molecule has 2 heterocycles. The van der Waals surface area contributed by atoms with Gasteiger partial charge in [-0.05, 0) is 38.5 Å². The molecule has 0 aromatic heterocycles. The summed E-state index contributed by atoms with van der Waals surface area (Å²) in [5, 5.41) is 9.14. The van der Waals surface area contributed by atoms with E-state index < -0.39 is 12.0 Å². The quantitative estimate of drug-likeness (QED) is 0.776. The van der Waals surface area contributed by atoms with Crippen LogP contribution < -0.4 is 0 Å². The number of hydrogen-bond acceptors (Lipinski definition) is 2. The van der Waals surface area contributed by atoms with Gasteiger partial charge in [0, 0.05) is 19.1 Å². The van der Waals surface area contributed by atoms with Gasteiger partial charge in [-0.3, -0.25) is 0 Å². The number of carbonyl (C=O) groups excluding carboxylic acids is 1. The molecule has 5 nitrogen and oxygen atoms in total. The number of nitrogens with zero attached hydrogens (tertiary/aromatic N) is 2. The number of urea groups is 1. The number of rotatable bonds is 1. The van der Waals surface area contributed by atoms with Crippen molar-refractivity contribution in [3.8, 4) is 0 Å². The second-order valence-corrected chi connectivity index (χ2v) is 5.53. The molecule has 5 heteroatoms. The van der Waals surface area contributed by atoms with Crippen molar-refractivity contribution in [1.29, 1.82) is 0 Å². The summed E-state index contributed by atoms with van der Waals surface area (Å²) in [6.07, 6.45) is 3.54. The summed E-state index contributed by atoms with van der Waals surface area (Å²) >= 11 is 0. The zero-order valence-electron chi connectivity index (χ0n) is 11.1. The summed E-state index contributed by atoms with van der Waals surface area (Å²) in [5.41, 5.74) is 0. The van der Waals surface area contributed by atoms with Crippen LogP contribution in [0.1, 0.15) is 39.5 Å². The standard InChI is InChI=1S/C13H22N2O3/c1-9-5-3-7-14(10(9)2)13(18)15-8-4-6-11(15)12(16)17/h9-11H,3-8H2,1-2H3,(H,16,17)/t9?,10?,11-/m0/s1. The minimum Gasteiger partial charge on any atom is -0.480 e. The van der Waals surface area contributed by atoms with Gasteiger partial charge in [-0.15, -0.1) is 0 Å². The number of carbonyl (C=O) groups is 2. The third-order valence-corrected chi connectivity index (χ3v) is 4.40. The van der Waals surface area contributed by atoms with Gasteiger partial charge >= 0.3 is 12.0 Å². The Labute approximate surface area is 108 Å². The van der Waals surface area contributed by atoms with Crippen LogP contribution in [0.2, 0.25) is 0 Å². The van der Waals surface area contributed by atoms with Gasteiger partial charge in [-0.2, -0.15) is 0 Å². The van der Waals surface area contributed by atoms with Gasteiger partial charge in [0.15, 0.2) is 0 Å². The minimum atomic E-state index is -0.876. The van der Waals surface area contributed by atoms with E-state index in [1.807, 2.05) is 4.90 Å². The Hall–Kier alpha value is -1.26. The van der Waals surface area contributed by atoms with Crippen molar-refractivity contribution in [2.24, 2.45) is 5.92 Å². The summed E-state index contributed by atoms with van der Waals surface area (Å²) in [5.74, 6) is -0.382.